The third-order valence-electron chi connectivity index (χ3n) is 5.42. The topological polar surface area (TPSA) is 81.7 Å². The molecular weight excluding hydrogens is 438 g/mol. The molecule has 5 rings (SSSR count). The summed E-state index contributed by atoms with van der Waals surface area (Å²) in [4.78, 5) is 27.1. The average molecular weight is 458 g/mol. The second-order valence-electron chi connectivity index (χ2n) is 7.44. The van der Waals surface area contributed by atoms with Crippen molar-refractivity contribution in [3.05, 3.63) is 105 Å². The molecule has 0 amide bonds. The first kappa shape index (κ1) is 20.9. The molecule has 33 heavy (non-hydrogen) atoms. The van der Waals surface area contributed by atoms with E-state index in [1.807, 2.05) is 36.4 Å². The lowest BCUT2D eigenvalue weighted by molar-refractivity contribution is 0.414. The molecule has 0 bridgehead atoms. The highest BCUT2D eigenvalue weighted by molar-refractivity contribution is 7.99. The van der Waals surface area contributed by atoms with Gasteiger partial charge in [-0.05, 0) is 42.0 Å². The van der Waals surface area contributed by atoms with Crippen LogP contribution in [0.5, 0.6) is 11.5 Å². The number of aromatic hydroxyl groups is 1. The standard InChI is InChI=1S/C26H19NO5S/c1-31-17-11-13-18(14-12-17)33-24-22(28)21-23(32-26(24)30)19-9-5-6-10-20(19)27(25(21)29)15-16-7-3-2-4-8-16/h2-14,28H,15H2,1H3. The number of fused-ring (bicyclic) bond motifs is 3. The minimum atomic E-state index is -0.703. The third-order valence-corrected chi connectivity index (χ3v) is 6.49. The van der Waals surface area contributed by atoms with Gasteiger partial charge in [0.2, 0.25) is 0 Å². The molecule has 6 nitrogen and oxygen atoms in total. The summed E-state index contributed by atoms with van der Waals surface area (Å²) in [5, 5.41) is 11.7. The molecule has 0 aliphatic carbocycles. The smallest absolute Gasteiger partial charge is 0.354 e. The van der Waals surface area contributed by atoms with Crippen molar-refractivity contribution in [3.8, 4) is 11.5 Å². The highest BCUT2D eigenvalue weighted by atomic mass is 32.2. The van der Waals surface area contributed by atoms with Gasteiger partial charge in [0.15, 0.2) is 11.3 Å². The summed E-state index contributed by atoms with van der Waals surface area (Å²) in [5.74, 6) is 0.295. The molecule has 0 aliphatic rings. The van der Waals surface area contributed by atoms with Crippen LogP contribution in [-0.4, -0.2) is 16.8 Å². The molecule has 0 unspecified atom stereocenters. The molecule has 0 saturated carbocycles. The first-order valence-electron chi connectivity index (χ1n) is 10.2. The number of nitrogens with zero attached hydrogens (tertiary/aromatic N) is 1. The van der Waals surface area contributed by atoms with Crippen LogP contribution in [0.3, 0.4) is 0 Å². The maximum Gasteiger partial charge on any atom is 0.354 e. The molecule has 7 heteroatoms. The van der Waals surface area contributed by atoms with Crippen LogP contribution in [0.15, 0.2) is 103 Å². The minimum Gasteiger partial charge on any atom is -0.505 e. The summed E-state index contributed by atoms with van der Waals surface area (Å²) < 4.78 is 12.4. The molecule has 1 N–H and O–H groups in total. The Morgan fingerprint density at radius 2 is 1.64 bits per heavy atom. The Morgan fingerprint density at radius 3 is 2.36 bits per heavy atom. The van der Waals surface area contributed by atoms with E-state index in [0.717, 1.165) is 17.3 Å². The number of methoxy groups -OCH3 is 1. The Kier molecular flexibility index (Phi) is 5.40. The van der Waals surface area contributed by atoms with Crippen molar-refractivity contribution in [1.82, 2.24) is 4.57 Å². The Morgan fingerprint density at radius 1 is 0.939 bits per heavy atom. The van der Waals surface area contributed by atoms with Crippen molar-refractivity contribution >= 4 is 33.6 Å². The number of para-hydroxylation sites is 1. The predicted octanol–water partition coefficient (Wildman–Crippen LogP) is 5.02. The van der Waals surface area contributed by atoms with E-state index in [2.05, 4.69) is 0 Å². The van der Waals surface area contributed by atoms with E-state index in [4.69, 9.17) is 9.15 Å². The molecule has 0 spiro atoms. The van der Waals surface area contributed by atoms with Gasteiger partial charge in [-0.15, -0.1) is 0 Å². The number of rotatable bonds is 5. The van der Waals surface area contributed by atoms with E-state index >= 15 is 0 Å². The fourth-order valence-corrected chi connectivity index (χ4v) is 4.65. The third kappa shape index (κ3) is 3.76. The SMILES string of the molecule is COc1ccc(Sc2c(O)c3c(=O)n(Cc4ccccc4)c4ccccc4c3oc2=O)cc1. The van der Waals surface area contributed by atoms with Gasteiger partial charge in [-0.2, -0.15) is 0 Å². The van der Waals surface area contributed by atoms with E-state index < -0.39 is 11.2 Å². The lowest BCUT2D eigenvalue weighted by Crippen LogP contribution is -2.22. The van der Waals surface area contributed by atoms with E-state index in [1.54, 1.807) is 54.1 Å². The van der Waals surface area contributed by atoms with Crippen LogP contribution in [0.25, 0.3) is 21.9 Å². The summed E-state index contributed by atoms with van der Waals surface area (Å²) >= 11 is 1.04. The first-order chi connectivity index (χ1) is 16.1. The zero-order chi connectivity index (χ0) is 22.9. The molecule has 164 valence electrons. The van der Waals surface area contributed by atoms with Crippen molar-refractivity contribution in [1.29, 1.82) is 0 Å². The Bertz CT molecular complexity index is 1590. The van der Waals surface area contributed by atoms with Gasteiger partial charge in [0, 0.05) is 10.3 Å². The van der Waals surface area contributed by atoms with Crippen LogP contribution in [-0.2, 0) is 6.54 Å². The molecule has 3 aromatic carbocycles. The van der Waals surface area contributed by atoms with Crippen molar-refractivity contribution in [2.45, 2.75) is 16.3 Å². The molecule has 0 atom stereocenters. The predicted molar refractivity (Wildman–Crippen MR) is 129 cm³/mol. The average Bonchev–Trinajstić information content (AvgIpc) is 2.85. The van der Waals surface area contributed by atoms with Crippen LogP contribution >= 0.6 is 11.8 Å². The second-order valence-corrected chi connectivity index (χ2v) is 8.53. The van der Waals surface area contributed by atoms with Crippen LogP contribution in [0.2, 0.25) is 0 Å². The summed E-state index contributed by atoms with van der Waals surface area (Å²) in [5.41, 5.74) is 0.517. The number of benzene rings is 3. The second kappa shape index (κ2) is 8.52. The highest BCUT2D eigenvalue weighted by Gasteiger charge is 2.22. The van der Waals surface area contributed by atoms with E-state index in [0.29, 0.717) is 28.1 Å². The van der Waals surface area contributed by atoms with E-state index in [9.17, 15) is 14.7 Å². The van der Waals surface area contributed by atoms with Gasteiger partial charge < -0.3 is 18.8 Å². The number of hydrogen-bond donors (Lipinski definition) is 1. The van der Waals surface area contributed by atoms with E-state index in [-0.39, 0.29) is 21.6 Å². The van der Waals surface area contributed by atoms with Crippen LogP contribution in [0.1, 0.15) is 5.56 Å². The molecule has 2 heterocycles. The summed E-state index contributed by atoms with van der Waals surface area (Å²) in [7, 11) is 1.57. The van der Waals surface area contributed by atoms with Crippen LogP contribution in [0, 0.1) is 0 Å². The van der Waals surface area contributed by atoms with Gasteiger partial charge in [-0.25, -0.2) is 4.79 Å². The minimum absolute atomic E-state index is 0.0137. The van der Waals surface area contributed by atoms with Crippen molar-refractivity contribution in [2.24, 2.45) is 0 Å². The van der Waals surface area contributed by atoms with Crippen molar-refractivity contribution in [3.63, 3.8) is 0 Å². The lowest BCUT2D eigenvalue weighted by atomic mass is 10.1. The molecular formula is C26H19NO5S. The number of ether oxygens (including phenoxy) is 1. The maximum absolute atomic E-state index is 13.6. The Hall–Kier alpha value is -3.97. The normalized spacial score (nSPS) is 11.2. The van der Waals surface area contributed by atoms with E-state index in [1.165, 1.54) is 0 Å². The fraction of sp³-hybridized carbons (Fsp3) is 0.0769. The van der Waals surface area contributed by atoms with Crippen LogP contribution < -0.4 is 15.9 Å². The zero-order valence-corrected chi connectivity index (χ0v) is 18.5. The quantitative estimate of drug-likeness (QED) is 0.373. The Labute approximate surface area is 192 Å². The van der Waals surface area contributed by atoms with Gasteiger partial charge in [-0.1, -0.05) is 54.2 Å². The molecule has 0 radical (unpaired) electrons. The Balaban J connectivity index is 1.74. The van der Waals surface area contributed by atoms with Gasteiger partial charge in [0.1, 0.15) is 16.0 Å². The fourth-order valence-electron chi connectivity index (χ4n) is 3.82. The highest BCUT2D eigenvalue weighted by Crippen LogP contribution is 2.37. The number of pyridine rings is 1. The maximum atomic E-state index is 13.6. The van der Waals surface area contributed by atoms with Crippen LogP contribution in [0.4, 0.5) is 0 Å². The van der Waals surface area contributed by atoms with Crippen molar-refractivity contribution in [2.75, 3.05) is 7.11 Å². The molecule has 0 saturated heterocycles. The number of hydrogen-bond acceptors (Lipinski definition) is 6. The van der Waals surface area contributed by atoms with Gasteiger partial charge >= 0.3 is 5.63 Å². The number of aromatic nitrogens is 1. The largest absolute Gasteiger partial charge is 0.505 e. The van der Waals surface area contributed by atoms with Gasteiger partial charge in [0.05, 0.1) is 19.2 Å². The first-order valence-corrected chi connectivity index (χ1v) is 11.1. The molecule has 2 aromatic heterocycles. The van der Waals surface area contributed by atoms with Gasteiger partial charge in [0.25, 0.3) is 5.56 Å². The summed E-state index contributed by atoms with van der Waals surface area (Å²) in [6.07, 6.45) is 0. The summed E-state index contributed by atoms with van der Waals surface area (Å²) in [6, 6.07) is 23.8. The molecule has 0 aliphatic heterocycles. The molecule has 0 fully saturated rings. The van der Waals surface area contributed by atoms with Crippen molar-refractivity contribution < 1.29 is 14.3 Å². The lowest BCUT2D eigenvalue weighted by Gasteiger charge is -2.14. The summed E-state index contributed by atoms with van der Waals surface area (Å²) in [6.45, 7) is 0.315. The monoisotopic (exact) mass is 457 g/mol. The molecule has 5 aromatic rings. The van der Waals surface area contributed by atoms with Gasteiger partial charge in [-0.3, -0.25) is 4.79 Å². The zero-order valence-electron chi connectivity index (χ0n) is 17.6.